The smallest absolute Gasteiger partial charge is 0.229 e. The molecule has 0 radical (unpaired) electrons. The van der Waals surface area contributed by atoms with Crippen LogP contribution in [0.5, 0.6) is 28.7 Å². The quantitative estimate of drug-likeness (QED) is 0.300. The highest BCUT2D eigenvalue weighted by Gasteiger charge is 2.45. The molecular formula is C23H26O11. The summed E-state index contributed by atoms with van der Waals surface area (Å²) in [6, 6.07) is 3.82. The summed E-state index contributed by atoms with van der Waals surface area (Å²) in [6.07, 6.45) is -8.82. The van der Waals surface area contributed by atoms with Crippen LogP contribution in [0.4, 0.5) is 0 Å². The molecule has 0 unspecified atom stereocenters. The fourth-order valence-corrected chi connectivity index (χ4v) is 4.27. The lowest BCUT2D eigenvalue weighted by atomic mass is 9.91. The van der Waals surface area contributed by atoms with E-state index in [4.69, 9.17) is 14.2 Å². The molecule has 2 heterocycles. The molecule has 6 atom stereocenters. The van der Waals surface area contributed by atoms with Gasteiger partial charge in [0.1, 0.15) is 64.8 Å². The summed E-state index contributed by atoms with van der Waals surface area (Å²) in [6.45, 7) is 2.37. The molecule has 0 aromatic heterocycles. The minimum Gasteiger partial charge on any atom is -0.508 e. The number of phenols is 3. The Kier molecular flexibility index (Phi) is 6.32. The maximum Gasteiger partial charge on any atom is 0.229 e. The van der Waals surface area contributed by atoms with Gasteiger partial charge in [-0.1, -0.05) is 0 Å². The van der Waals surface area contributed by atoms with Crippen LogP contribution >= 0.6 is 0 Å². The number of benzene rings is 2. The molecule has 34 heavy (non-hydrogen) atoms. The molecule has 184 valence electrons. The zero-order valence-corrected chi connectivity index (χ0v) is 18.4. The van der Waals surface area contributed by atoms with Crippen molar-refractivity contribution < 1.29 is 54.8 Å². The fraction of sp³-hybridized carbons (Fsp3) is 0.435. The molecule has 2 aliphatic heterocycles. The standard InChI is InChI=1S/C23H26O11/c1-8-17(28)16-13(27)6-14(11-5-10(25)3-4-12(11)26)32-22(16)9(2)21(8)34-23-20(31)19(30)18(29)15(7-24)33-23/h3-5,14-15,18-20,23-26,28-31H,6-7H2,1-2H3/t14-,15-,18+,19-,20+,23+/m0/s1. The highest BCUT2D eigenvalue weighted by Crippen LogP contribution is 2.49. The lowest BCUT2D eigenvalue weighted by Gasteiger charge is -2.40. The first kappa shape index (κ1) is 24.0. The van der Waals surface area contributed by atoms with Crippen LogP contribution in [0.3, 0.4) is 0 Å². The number of ketones is 1. The normalized spacial score (nSPS) is 28.8. The molecular weight excluding hydrogens is 452 g/mol. The van der Waals surface area contributed by atoms with E-state index in [2.05, 4.69) is 0 Å². The van der Waals surface area contributed by atoms with Crippen LogP contribution in [0.2, 0.25) is 0 Å². The molecule has 2 aromatic carbocycles. The molecule has 1 saturated heterocycles. The first-order chi connectivity index (χ1) is 16.0. The van der Waals surface area contributed by atoms with Crippen molar-refractivity contribution >= 4 is 5.78 Å². The lowest BCUT2D eigenvalue weighted by molar-refractivity contribution is -0.277. The molecule has 7 N–H and O–H groups in total. The second-order valence-electron chi connectivity index (χ2n) is 8.42. The first-order valence-electron chi connectivity index (χ1n) is 10.6. The largest absolute Gasteiger partial charge is 0.508 e. The molecule has 11 nitrogen and oxygen atoms in total. The predicted octanol–water partition coefficient (Wildman–Crippen LogP) is 0.305. The Morgan fingerprint density at radius 3 is 2.41 bits per heavy atom. The number of hydrogen-bond donors (Lipinski definition) is 7. The number of aromatic hydroxyl groups is 3. The van der Waals surface area contributed by atoms with Crippen LogP contribution in [-0.2, 0) is 4.74 Å². The molecule has 0 amide bonds. The average Bonchev–Trinajstić information content (AvgIpc) is 2.81. The number of hydrogen-bond acceptors (Lipinski definition) is 11. The molecule has 1 fully saturated rings. The number of carbonyl (C=O) groups is 1. The lowest BCUT2D eigenvalue weighted by Crippen LogP contribution is -2.60. The summed E-state index contributed by atoms with van der Waals surface area (Å²) >= 11 is 0. The van der Waals surface area contributed by atoms with Gasteiger partial charge in [0.05, 0.1) is 13.0 Å². The van der Waals surface area contributed by atoms with Gasteiger partial charge >= 0.3 is 0 Å². The van der Waals surface area contributed by atoms with Crippen LogP contribution in [0.15, 0.2) is 18.2 Å². The van der Waals surface area contributed by atoms with Gasteiger partial charge in [0.15, 0.2) is 5.78 Å². The van der Waals surface area contributed by atoms with E-state index in [1.165, 1.54) is 25.1 Å². The molecule has 0 spiro atoms. The van der Waals surface area contributed by atoms with Gasteiger partial charge in [0.25, 0.3) is 0 Å². The van der Waals surface area contributed by atoms with Gasteiger partial charge in [0, 0.05) is 16.7 Å². The highest BCUT2D eigenvalue weighted by atomic mass is 16.7. The van der Waals surface area contributed by atoms with Crippen LogP contribution in [0.1, 0.15) is 39.6 Å². The van der Waals surface area contributed by atoms with E-state index in [0.717, 1.165) is 0 Å². The van der Waals surface area contributed by atoms with E-state index in [-0.39, 0.29) is 51.7 Å². The second kappa shape index (κ2) is 8.93. The maximum atomic E-state index is 12.9. The maximum absolute atomic E-state index is 12.9. The Bertz CT molecular complexity index is 1110. The summed E-state index contributed by atoms with van der Waals surface area (Å²) in [5.41, 5.74) is 0.505. The van der Waals surface area contributed by atoms with Gasteiger partial charge < -0.3 is 50.0 Å². The predicted molar refractivity (Wildman–Crippen MR) is 114 cm³/mol. The van der Waals surface area contributed by atoms with Gasteiger partial charge in [-0.15, -0.1) is 0 Å². The Balaban J connectivity index is 1.73. The minimum atomic E-state index is -1.69. The monoisotopic (exact) mass is 478 g/mol. The number of ether oxygens (including phenoxy) is 3. The van der Waals surface area contributed by atoms with E-state index in [0.29, 0.717) is 0 Å². The number of aliphatic hydroxyl groups excluding tert-OH is 4. The van der Waals surface area contributed by atoms with E-state index in [1.807, 2.05) is 0 Å². The zero-order chi connectivity index (χ0) is 24.9. The topological polar surface area (TPSA) is 186 Å². The van der Waals surface area contributed by atoms with Crippen LogP contribution < -0.4 is 9.47 Å². The molecule has 2 aromatic rings. The van der Waals surface area contributed by atoms with Gasteiger partial charge in [-0.25, -0.2) is 0 Å². The first-order valence-corrected chi connectivity index (χ1v) is 10.6. The van der Waals surface area contributed by atoms with Crippen molar-refractivity contribution in [3.63, 3.8) is 0 Å². The van der Waals surface area contributed by atoms with E-state index < -0.39 is 54.9 Å². The van der Waals surface area contributed by atoms with Gasteiger partial charge in [-0.3, -0.25) is 4.79 Å². The number of fused-ring (bicyclic) bond motifs is 1. The van der Waals surface area contributed by atoms with E-state index in [1.54, 1.807) is 6.92 Å². The SMILES string of the molecule is Cc1c(O)c2c(c(C)c1O[C@H]1O[C@@H](CO)[C@@H](O)[C@H](O)[C@H]1O)O[C@H](c1cc(O)ccc1O)CC2=O. The summed E-state index contributed by atoms with van der Waals surface area (Å²) in [5.74, 6) is -1.22. The van der Waals surface area contributed by atoms with Gasteiger partial charge in [-0.05, 0) is 32.0 Å². The van der Waals surface area contributed by atoms with Gasteiger partial charge in [0.2, 0.25) is 6.29 Å². The van der Waals surface area contributed by atoms with Crippen molar-refractivity contribution in [2.24, 2.45) is 0 Å². The van der Waals surface area contributed by atoms with E-state index >= 15 is 0 Å². The van der Waals surface area contributed by atoms with Crippen molar-refractivity contribution in [3.8, 4) is 28.7 Å². The molecule has 0 aliphatic carbocycles. The van der Waals surface area contributed by atoms with Crippen molar-refractivity contribution in [2.45, 2.75) is 57.1 Å². The average molecular weight is 478 g/mol. The van der Waals surface area contributed by atoms with Crippen LogP contribution in [-0.4, -0.2) is 78.8 Å². The summed E-state index contributed by atoms with van der Waals surface area (Å²) in [5, 5.41) is 70.5. The van der Waals surface area contributed by atoms with Crippen LogP contribution in [0, 0.1) is 13.8 Å². The Morgan fingerprint density at radius 1 is 1.03 bits per heavy atom. The van der Waals surface area contributed by atoms with Gasteiger partial charge in [-0.2, -0.15) is 0 Å². The zero-order valence-electron chi connectivity index (χ0n) is 18.4. The number of aliphatic hydroxyl groups is 4. The molecule has 2 aliphatic rings. The number of rotatable bonds is 4. The number of carbonyl (C=O) groups excluding carboxylic acids is 1. The minimum absolute atomic E-state index is 0.00541. The third-order valence-corrected chi connectivity index (χ3v) is 6.19. The summed E-state index contributed by atoms with van der Waals surface area (Å²) < 4.78 is 17.1. The molecule has 11 heteroatoms. The highest BCUT2D eigenvalue weighted by molar-refractivity contribution is 6.04. The molecule has 0 bridgehead atoms. The fourth-order valence-electron chi connectivity index (χ4n) is 4.27. The third-order valence-electron chi connectivity index (χ3n) is 6.19. The Morgan fingerprint density at radius 2 is 1.74 bits per heavy atom. The van der Waals surface area contributed by atoms with Crippen molar-refractivity contribution in [3.05, 3.63) is 40.5 Å². The van der Waals surface area contributed by atoms with Crippen LogP contribution in [0.25, 0.3) is 0 Å². The number of phenolic OH excluding ortho intramolecular Hbond substituents is 3. The molecule has 0 saturated carbocycles. The Labute approximate surface area is 194 Å². The molecule has 4 rings (SSSR count). The second-order valence-corrected chi connectivity index (χ2v) is 8.42. The summed E-state index contributed by atoms with van der Waals surface area (Å²) in [4.78, 5) is 12.9. The van der Waals surface area contributed by atoms with E-state index in [9.17, 15) is 40.5 Å². The van der Waals surface area contributed by atoms with Crippen molar-refractivity contribution in [1.82, 2.24) is 0 Å². The third kappa shape index (κ3) is 3.91. The number of Topliss-reactive ketones (excluding diaryl/α,β-unsaturated/α-hetero) is 1. The van der Waals surface area contributed by atoms with Crippen molar-refractivity contribution in [2.75, 3.05) is 6.61 Å². The van der Waals surface area contributed by atoms with Crippen molar-refractivity contribution in [1.29, 1.82) is 0 Å². The summed E-state index contributed by atoms with van der Waals surface area (Å²) in [7, 11) is 0. The Hall–Kier alpha value is -3.09.